The van der Waals surface area contributed by atoms with E-state index in [9.17, 15) is 0 Å². The molecule has 74 heavy (non-hydrogen) atoms. The van der Waals surface area contributed by atoms with Crippen LogP contribution in [0.5, 0.6) is 0 Å². The SMILES string of the molecule is Cc1ccc(N(c2ccc(C)cc2)c2cccc(N(c3cccc(-c4ccccc4)c3)c3cncc(-c4ccc5c(c4)sc4cc(N(c6ccc(C)cc6)c6cccc7c6oc6ccccc67)ccc45)c3)c2)cc1. The van der Waals surface area contributed by atoms with Crippen molar-refractivity contribution in [1.29, 1.82) is 0 Å². The van der Waals surface area contributed by atoms with Crippen LogP contribution in [-0.2, 0) is 0 Å². The van der Waals surface area contributed by atoms with Crippen LogP contribution in [0.1, 0.15) is 16.7 Å². The maximum atomic E-state index is 6.62. The Kier molecular flexibility index (Phi) is 11.3. The highest BCUT2D eigenvalue weighted by molar-refractivity contribution is 7.25. The molecular formula is C68H50N4OS. The summed E-state index contributed by atoms with van der Waals surface area (Å²) in [6, 6.07) is 85.2. The third-order valence-corrected chi connectivity index (χ3v) is 15.2. The second-order valence-corrected chi connectivity index (χ2v) is 20.2. The van der Waals surface area contributed by atoms with Crippen molar-refractivity contribution >= 4 is 105 Å². The van der Waals surface area contributed by atoms with Crippen LogP contribution in [0.3, 0.4) is 0 Å². The molecule has 0 saturated carbocycles. The van der Waals surface area contributed by atoms with Gasteiger partial charge in [0.15, 0.2) is 5.58 Å². The molecular weight excluding hydrogens is 921 g/mol. The highest BCUT2D eigenvalue weighted by Gasteiger charge is 2.22. The fourth-order valence-corrected chi connectivity index (χ4v) is 11.5. The Morgan fingerprint density at radius 1 is 0.324 bits per heavy atom. The number of nitrogens with zero attached hydrogens (tertiary/aromatic N) is 4. The predicted octanol–water partition coefficient (Wildman–Crippen LogP) is 20.0. The van der Waals surface area contributed by atoms with Gasteiger partial charge in [0.25, 0.3) is 0 Å². The van der Waals surface area contributed by atoms with Crippen molar-refractivity contribution in [3.63, 3.8) is 0 Å². The number of hydrogen-bond donors (Lipinski definition) is 0. The molecule has 13 rings (SSSR count). The zero-order valence-electron chi connectivity index (χ0n) is 41.3. The number of para-hydroxylation sites is 2. The minimum Gasteiger partial charge on any atom is -0.454 e. The maximum absolute atomic E-state index is 6.62. The zero-order chi connectivity index (χ0) is 49.7. The summed E-state index contributed by atoms with van der Waals surface area (Å²) < 4.78 is 9.05. The monoisotopic (exact) mass is 970 g/mol. The van der Waals surface area contributed by atoms with Crippen LogP contribution in [0, 0.1) is 20.8 Å². The van der Waals surface area contributed by atoms with Crippen molar-refractivity contribution in [1.82, 2.24) is 4.98 Å². The molecule has 0 aliphatic heterocycles. The first-order chi connectivity index (χ1) is 36.4. The van der Waals surface area contributed by atoms with Crippen LogP contribution in [0.2, 0.25) is 0 Å². The molecule has 6 heteroatoms. The number of benzene rings is 10. The highest BCUT2D eigenvalue weighted by atomic mass is 32.1. The van der Waals surface area contributed by atoms with Gasteiger partial charge in [-0.25, -0.2) is 0 Å². The summed E-state index contributed by atoms with van der Waals surface area (Å²) in [5.74, 6) is 0. The van der Waals surface area contributed by atoms with Gasteiger partial charge in [-0.15, -0.1) is 11.3 Å². The van der Waals surface area contributed by atoms with Gasteiger partial charge in [-0.1, -0.05) is 150 Å². The minimum absolute atomic E-state index is 0.868. The summed E-state index contributed by atoms with van der Waals surface area (Å²) in [6.07, 6.45) is 3.97. The summed E-state index contributed by atoms with van der Waals surface area (Å²) in [4.78, 5) is 12.0. The molecule has 0 amide bonds. The lowest BCUT2D eigenvalue weighted by atomic mass is 10.0. The number of anilines is 9. The highest BCUT2D eigenvalue weighted by Crippen LogP contribution is 2.46. The quantitative estimate of drug-likeness (QED) is 0.129. The number of pyridine rings is 1. The molecule has 0 aliphatic carbocycles. The van der Waals surface area contributed by atoms with Crippen LogP contribution in [0.15, 0.2) is 253 Å². The van der Waals surface area contributed by atoms with Gasteiger partial charge in [-0.05, 0) is 141 Å². The van der Waals surface area contributed by atoms with Crippen molar-refractivity contribution in [2.75, 3.05) is 14.7 Å². The van der Waals surface area contributed by atoms with Crippen molar-refractivity contribution in [3.8, 4) is 22.3 Å². The Morgan fingerprint density at radius 2 is 0.824 bits per heavy atom. The maximum Gasteiger partial charge on any atom is 0.159 e. The lowest BCUT2D eigenvalue weighted by Gasteiger charge is -2.29. The van der Waals surface area contributed by atoms with Crippen molar-refractivity contribution < 1.29 is 4.42 Å². The average molecular weight is 971 g/mol. The van der Waals surface area contributed by atoms with E-state index in [0.717, 1.165) is 95.4 Å². The molecule has 0 atom stereocenters. The first kappa shape index (κ1) is 44.7. The van der Waals surface area contributed by atoms with E-state index in [-0.39, 0.29) is 0 Å². The number of hydrogen-bond acceptors (Lipinski definition) is 6. The van der Waals surface area contributed by atoms with Gasteiger partial charge in [0.2, 0.25) is 0 Å². The van der Waals surface area contributed by atoms with Gasteiger partial charge >= 0.3 is 0 Å². The molecule has 0 aliphatic rings. The average Bonchev–Trinajstić information content (AvgIpc) is 4.02. The van der Waals surface area contributed by atoms with Crippen molar-refractivity contribution in [2.45, 2.75) is 20.8 Å². The molecule has 5 nitrogen and oxygen atoms in total. The largest absolute Gasteiger partial charge is 0.454 e. The molecule has 0 fully saturated rings. The number of thiophene rings is 1. The number of fused-ring (bicyclic) bond motifs is 6. The second kappa shape index (κ2) is 18.7. The van der Waals surface area contributed by atoms with Gasteiger partial charge in [0, 0.05) is 82.5 Å². The molecule has 10 aromatic carbocycles. The Labute approximate surface area is 435 Å². The molecule has 0 unspecified atom stereocenters. The van der Waals surface area contributed by atoms with E-state index in [4.69, 9.17) is 9.40 Å². The molecule has 0 bridgehead atoms. The Bertz CT molecular complexity index is 4130. The van der Waals surface area contributed by atoms with Crippen LogP contribution in [-0.4, -0.2) is 4.98 Å². The molecule has 3 heterocycles. The molecule has 0 N–H and O–H groups in total. The van der Waals surface area contributed by atoms with E-state index in [1.54, 1.807) is 0 Å². The predicted molar refractivity (Wildman–Crippen MR) is 314 cm³/mol. The first-order valence-corrected chi connectivity index (χ1v) is 25.9. The van der Waals surface area contributed by atoms with E-state index in [0.29, 0.717) is 0 Å². The molecule has 3 aromatic heterocycles. The van der Waals surface area contributed by atoms with Crippen LogP contribution in [0.25, 0.3) is 64.4 Å². The van der Waals surface area contributed by atoms with E-state index in [2.05, 4.69) is 260 Å². The van der Waals surface area contributed by atoms with Gasteiger partial charge in [-0.2, -0.15) is 0 Å². The number of aromatic nitrogens is 1. The Balaban J connectivity index is 0.907. The lowest BCUT2D eigenvalue weighted by molar-refractivity contribution is 0.669. The third-order valence-electron chi connectivity index (χ3n) is 14.1. The topological polar surface area (TPSA) is 35.8 Å². The van der Waals surface area contributed by atoms with Crippen molar-refractivity contribution in [3.05, 3.63) is 266 Å². The number of aryl methyl sites for hydroxylation is 3. The standard InChI is InChI=1S/C68H50N4OS/c1-45-22-29-52(30-23-45)70(53-31-24-46(2)25-32-53)56-16-10-17-57(41-56)71(55-15-9-14-49(38-55)48-12-5-4-6-13-48)59-39-51(43-69-44-59)50-28-36-61-62-37-35-58(42-67(62)74-66(61)40-50)72(54-33-26-47(3)27-34-54)64-20-11-19-63-60-18-7-8-21-65(60)73-68(63)64/h4-44H,1-3H3. The van der Waals surface area contributed by atoms with Crippen molar-refractivity contribution in [2.24, 2.45) is 0 Å². The van der Waals surface area contributed by atoms with E-state index >= 15 is 0 Å². The molecule has 13 aromatic rings. The Morgan fingerprint density at radius 3 is 1.53 bits per heavy atom. The normalized spacial score (nSPS) is 11.4. The summed E-state index contributed by atoms with van der Waals surface area (Å²) in [7, 11) is 0. The Hall–Kier alpha value is -9.23. The minimum atomic E-state index is 0.868. The van der Waals surface area contributed by atoms with E-state index in [1.165, 1.54) is 36.9 Å². The van der Waals surface area contributed by atoms with Gasteiger partial charge < -0.3 is 19.1 Å². The first-order valence-electron chi connectivity index (χ1n) is 25.1. The van der Waals surface area contributed by atoms with Gasteiger partial charge in [0.05, 0.1) is 17.6 Å². The summed E-state index contributed by atoms with van der Waals surface area (Å²) >= 11 is 1.82. The second-order valence-electron chi connectivity index (χ2n) is 19.1. The molecule has 0 spiro atoms. The fraction of sp³-hybridized carbons (Fsp3) is 0.0441. The fourth-order valence-electron chi connectivity index (χ4n) is 10.3. The van der Waals surface area contributed by atoms with E-state index < -0.39 is 0 Å². The number of furan rings is 1. The summed E-state index contributed by atoms with van der Waals surface area (Å²) in [5, 5.41) is 4.67. The smallest absolute Gasteiger partial charge is 0.159 e. The lowest BCUT2D eigenvalue weighted by Crippen LogP contribution is -2.13. The van der Waals surface area contributed by atoms with Gasteiger partial charge in [-0.3, -0.25) is 4.98 Å². The third kappa shape index (κ3) is 8.31. The van der Waals surface area contributed by atoms with Crippen LogP contribution in [0.4, 0.5) is 51.2 Å². The zero-order valence-corrected chi connectivity index (χ0v) is 42.1. The summed E-state index contributed by atoms with van der Waals surface area (Å²) in [6.45, 7) is 6.39. The van der Waals surface area contributed by atoms with Crippen LogP contribution < -0.4 is 14.7 Å². The van der Waals surface area contributed by atoms with Crippen LogP contribution >= 0.6 is 11.3 Å². The number of rotatable bonds is 11. The molecule has 354 valence electrons. The molecule has 0 radical (unpaired) electrons. The van der Waals surface area contributed by atoms with E-state index in [1.807, 2.05) is 35.9 Å². The van der Waals surface area contributed by atoms with Gasteiger partial charge in [0.1, 0.15) is 5.58 Å². The molecule has 0 saturated heterocycles. The summed E-state index contributed by atoms with van der Waals surface area (Å²) in [5.41, 5.74) is 19.2.